The van der Waals surface area contributed by atoms with Gasteiger partial charge in [-0.2, -0.15) is 16.8 Å². The first-order valence-electron chi connectivity index (χ1n) is 17.0. The number of hydrogen-bond acceptors (Lipinski definition) is 8. The summed E-state index contributed by atoms with van der Waals surface area (Å²) in [6, 6.07) is 4.64. The van der Waals surface area contributed by atoms with E-state index in [0.29, 0.717) is 32.5 Å². The highest BCUT2D eigenvalue weighted by molar-refractivity contribution is 7.86. The van der Waals surface area contributed by atoms with Gasteiger partial charge in [0.05, 0.1) is 10.6 Å². The van der Waals surface area contributed by atoms with Gasteiger partial charge in [-0.15, -0.1) is 0 Å². The summed E-state index contributed by atoms with van der Waals surface area (Å²) in [4.78, 5) is 15.1. The number of allylic oxidation sites excluding steroid dienone is 8. The van der Waals surface area contributed by atoms with Crippen LogP contribution >= 0.6 is 0 Å². The molecule has 0 amide bonds. The van der Waals surface area contributed by atoms with Gasteiger partial charge in [0.1, 0.15) is 11.9 Å². The Hall–Kier alpha value is -3.65. The molecule has 0 saturated carbocycles. The molecule has 274 valence electrons. The standard InChI is InChI=1S/C37H50N2O9S2/c1-7-38(20-12-22-49(42,43)44)27-16-18-29-26(23-34(36(2,3)4)48-32(29)24-27)13-11-14-33-37(5,6)30-25-28(50(45,46)47)17-19-31(30)39(33)21-10-8-9-15-35(40)41/h11,13-14,16-19,23-25,32H,7-10,12,15,20-22H2,1-6H3,(H,40,41)(H,42,43,44)(H,45,46,47). The predicted molar refractivity (Wildman–Crippen MR) is 195 cm³/mol. The molecule has 0 radical (unpaired) electrons. The van der Waals surface area contributed by atoms with Crippen molar-refractivity contribution in [1.29, 1.82) is 0 Å². The molecular weight excluding hydrogens is 681 g/mol. The first kappa shape index (κ1) is 39.1. The Kier molecular flexibility index (Phi) is 12.0. The van der Waals surface area contributed by atoms with E-state index in [-0.39, 0.29) is 28.6 Å². The average Bonchev–Trinajstić information content (AvgIpc) is 3.22. The van der Waals surface area contributed by atoms with E-state index < -0.39 is 31.6 Å². The number of nitrogens with zero attached hydrogens (tertiary/aromatic N) is 2. The molecule has 1 aromatic rings. The highest BCUT2D eigenvalue weighted by Crippen LogP contribution is 2.48. The number of aliphatic carboxylic acids is 1. The molecule has 2 heterocycles. The molecule has 0 spiro atoms. The summed E-state index contributed by atoms with van der Waals surface area (Å²) in [5.41, 5.74) is 4.50. The highest BCUT2D eigenvalue weighted by Gasteiger charge is 2.40. The number of carboxylic acid groups (broad SMARTS) is 1. The van der Waals surface area contributed by atoms with E-state index in [1.54, 1.807) is 6.07 Å². The number of ether oxygens (including phenoxy) is 1. The van der Waals surface area contributed by atoms with Crippen molar-refractivity contribution in [2.24, 2.45) is 5.41 Å². The quantitative estimate of drug-likeness (QED) is 0.129. The minimum atomic E-state index is -4.40. The SMILES string of the molecule is CCN(CCCS(=O)(=O)O)C1=CC2OC(C(C)(C)C)=CC(C=CC=C3N(CCCCCC(=O)O)c4ccc(S(=O)(=O)O)cc4C3(C)C)=C2C=C1. The Balaban J connectivity index is 1.69. The van der Waals surface area contributed by atoms with Crippen molar-refractivity contribution in [2.75, 3.05) is 30.3 Å². The summed E-state index contributed by atoms with van der Waals surface area (Å²) in [7, 11) is -8.45. The van der Waals surface area contributed by atoms with Gasteiger partial charge in [-0.3, -0.25) is 13.9 Å². The Bertz CT molecular complexity index is 1880. The van der Waals surface area contributed by atoms with Gasteiger partial charge in [0.2, 0.25) is 0 Å². The monoisotopic (exact) mass is 730 g/mol. The first-order valence-corrected chi connectivity index (χ1v) is 20.0. The third-order valence-corrected chi connectivity index (χ3v) is 10.9. The summed E-state index contributed by atoms with van der Waals surface area (Å²) in [5.74, 6) is -0.319. The third kappa shape index (κ3) is 9.56. The van der Waals surface area contributed by atoms with Crippen molar-refractivity contribution >= 4 is 31.9 Å². The van der Waals surface area contributed by atoms with Crippen LogP contribution in [0.1, 0.15) is 79.2 Å². The van der Waals surface area contributed by atoms with Gasteiger partial charge in [-0.05, 0) is 79.8 Å². The molecular formula is C37H50N2O9S2. The normalized spacial score (nSPS) is 19.7. The molecule has 1 atom stereocenters. The van der Waals surface area contributed by atoms with Gasteiger partial charge < -0.3 is 19.6 Å². The number of fused-ring (bicyclic) bond motifs is 2. The molecule has 3 aliphatic rings. The van der Waals surface area contributed by atoms with Gasteiger partial charge in [0, 0.05) is 59.5 Å². The lowest BCUT2D eigenvalue weighted by atomic mass is 9.83. The van der Waals surface area contributed by atoms with Gasteiger partial charge in [0.15, 0.2) is 0 Å². The number of benzene rings is 1. The minimum absolute atomic E-state index is 0.104. The van der Waals surface area contributed by atoms with Crippen LogP contribution in [-0.4, -0.2) is 73.4 Å². The highest BCUT2D eigenvalue weighted by atomic mass is 32.2. The topological polar surface area (TPSA) is 162 Å². The van der Waals surface area contributed by atoms with Gasteiger partial charge in [-0.1, -0.05) is 59.3 Å². The van der Waals surface area contributed by atoms with Crippen LogP contribution in [0.5, 0.6) is 0 Å². The van der Waals surface area contributed by atoms with Gasteiger partial charge in [-0.25, -0.2) is 0 Å². The van der Waals surface area contributed by atoms with Crippen LogP contribution < -0.4 is 4.90 Å². The molecule has 3 N–H and O–H groups in total. The maximum atomic E-state index is 12.0. The molecule has 0 saturated heterocycles. The van der Waals surface area contributed by atoms with Crippen LogP contribution in [0.15, 0.2) is 93.9 Å². The number of carboxylic acids is 1. The molecule has 4 rings (SSSR count). The number of anilines is 1. The Morgan fingerprint density at radius 3 is 2.40 bits per heavy atom. The average molecular weight is 731 g/mol. The number of rotatable bonds is 15. The molecule has 2 aliphatic heterocycles. The molecule has 13 heteroatoms. The van der Waals surface area contributed by atoms with Gasteiger partial charge in [0.25, 0.3) is 20.2 Å². The third-order valence-electron chi connectivity index (χ3n) is 9.22. The maximum absolute atomic E-state index is 12.0. The van der Waals surface area contributed by atoms with Crippen LogP contribution in [0.3, 0.4) is 0 Å². The molecule has 1 aliphatic carbocycles. The zero-order chi connectivity index (χ0) is 37.1. The fourth-order valence-corrected chi connectivity index (χ4v) is 7.50. The Labute approximate surface area is 296 Å². The summed E-state index contributed by atoms with van der Waals surface area (Å²) in [6.07, 6.45) is 16.2. The fraction of sp³-hybridized carbons (Fsp3) is 0.486. The largest absolute Gasteiger partial charge is 0.485 e. The number of unbranched alkanes of at least 4 members (excludes halogenated alkanes) is 2. The van der Waals surface area contributed by atoms with Crippen molar-refractivity contribution < 1.29 is 40.6 Å². The smallest absolute Gasteiger partial charge is 0.303 e. The van der Waals surface area contributed by atoms with Crippen LogP contribution in [0.2, 0.25) is 0 Å². The van der Waals surface area contributed by atoms with Crippen molar-refractivity contribution in [3.63, 3.8) is 0 Å². The first-order chi connectivity index (χ1) is 23.2. The fourth-order valence-electron chi connectivity index (χ4n) is 6.50. The zero-order valence-electron chi connectivity index (χ0n) is 29.7. The predicted octanol–water partition coefficient (Wildman–Crippen LogP) is 6.79. The summed E-state index contributed by atoms with van der Waals surface area (Å²) in [5, 5.41) is 9.05. The molecule has 1 unspecified atom stereocenters. The number of hydrogen-bond donors (Lipinski definition) is 3. The zero-order valence-corrected chi connectivity index (χ0v) is 31.3. The van der Waals surface area contributed by atoms with Crippen molar-refractivity contribution in [2.45, 2.75) is 90.1 Å². The second kappa shape index (κ2) is 15.3. The molecule has 0 aromatic heterocycles. The summed E-state index contributed by atoms with van der Waals surface area (Å²) in [6.45, 7) is 14.0. The van der Waals surface area contributed by atoms with Crippen LogP contribution in [-0.2, 0) is 35.2 Å². The summed E-state index contributed by atoms with van der Waals surface area (Å²) < 4.78 is 72.0. The van der Waals surface area contributed by atoms with E-state index in [0.717, 1.165) is 52.4 Å². The van der Waals surface area contributed by atoms with Crippen LogP contribution in [0.25, 0.3) is 0 Å². The molecule has 11 nitrogen and oxygen atoms in total. The lowest BCUT2D eigenvalue weighted by Gasteiger charge is -2.35. The van der Waals surface area contributed by atoms with E-state index in [2.05, 4.69) is 30.6 Å². The van der Waals surface area contributed by atoms with E-state index in [4.69, 9.17) is 9.84 Å². The van der Waals surface area contributed by atoms with Crippen LogP contribution in [0, 0.1) is 5.41 Å². The molecule has 1 aromatic carbocycles. The number of carbonyl (C=O) groups is 1. The second-order valence-electron chi connectivity index (χ2n) is 14.4. The summed E-state index contributed by atoms with van der Waals surface area (Å²) >= 11 is 0. The lowest BCUT2D eigenvalue weighted by molar-refractivity contribution is -0.137. The second-order valence-corrected chi connectivity index (χ2v) is 17.4. The molecule has 0 bridgehead atoms. The lowest BCUT2D eigenvalue weighted by Crippen LogP contribution is -2.30. The van der Waals surface area contributed by atoms with Crippen LogP contribution in [0.4, 0.5) is 5.69 Å². The maximum Gasteiger partial charge on any atom is 0.303 e. The van der Waals surface area contributed by atoms with Crippen molar-refractivity contribution in [3.8, 4) is 0 Å². The van der Waals surface area contributed by atoms with E-state index >= 15 is 0 Å². The Morgan fingerprint density at radius 2 is 1.78 bits per heavy atom. The minimum Gasteiger partial charge on any atom is -0.485 e. The van der Waals surface area contributed by atoms with E-state index in [9.17, 15) is 30.7 Å². The Morgan fingerprint density at radius 1 is 1.06 bits per heavy atom. The van der Waals surface area contributed by atoms with Crippen molar-refractivity contribution in [1.82, 2.24) is 4.90 Å². The van der Waals surface area contributed by atoms with Crippen molar-refractivity contribution in [3.05, 3.63) is 94.6 Å². The number of likely N-dealkylation sites (N-methyl/N-ethyl adjacent to an activating group) is 1. The van der Waals surface area contributed by atoms with E-state index in [1.165, 1.54) is 12.1 Å². The molecule has 50 heavy (non-hydrogen) atoms. The van der Waals surface area contributed by atoms with Gasteiger partial charge >= 0.3 is 5.97 Å². The molecule has 0 fully saturated rings. The van der Waals surface area contributed by atoms with E-state index in [1.807, 2.05) is 63.3 Å².